The zero-order valence-electron chi connectivity index (χ0n) is 10.6. The molecule has 1 rings (SSSR count). The van der Waals surface area contributed by atoms with Gasteiger partial charge in [0.15, 0.2) is 0 Å². The standard InChI is InChI=1S/C13H21NO2S/c1-3-11-7-10-17-12(11)13(16)14(2)8-5-4-6-9-15/h7,10,15H,3-6,8-9H2,1-2H3. The predicted octanol–water partition coefficient (Wildman–Crippen LogP) is 2.55. The maximum atomic E-state index is 12.1. The van der Waals surface area contributed by atoms with Crippen molar-refractivity contribution in [3.05, 3.63) is 21.9 Å². The van der Waals surface area contributed by atoms with E-state index in [1.807, 2.05) is 18.5 Å². The van der Waals surface area contributed by atoms with Crippen LogP contribution in [0.4, 0.5) is 0 Å². The minimum atomic E-state index is 0.126. The second-order valence-electron chi connectivity index (χ2n) is 4.14. The van der Waals surface area contributed by atoms with Crippen LogP contribution in [0.1, 0.15) is 41.4 Å². The number of aryl methyl sites for hydroxylation is 1. The fourth-order valence-electron chi connectivity index (χ4n) is 1.71. The molecule has 4 heteroatoms. The lowest BCUT2D eigenvalue weighted by atomic mass is 10.2. The third kappa shape index (κ3) is 4.13. The summed E-state index contributed by atoms with van der Waals surface area (Å²) in [5.74, 6) is 0.126. The molecule has 0 fully saturated rings. The van der Waals surface area contributed by atoms with Gasteiger partial charge in [-0.3, -0.25) is 4.79 Å². The number of hydrogen-bond acceptors (Lipinski definition) is 3. The Labute approximate surface area is 107 Å². The fraction of sp³-hybridized carbons (Fsp3) is 0.615. The molecule has 1 heterocycles. The number of unbranched alkanes of at least 4 members (excludes halogenated alkanes) is 2. The molecule has 0 aliphatic heterocycles. The maximum absolute atomic E-state index is 12.1. The van der Waals surface area contributed by atoms with Gasteiger partial charge in [0.1, 0.15) is 0 Å². The van der Waals surface area contributed by atoms with Gasteiger partial charge in [-0.05, 0) is 42.7 Å². The van der Waals surface area contributed by atoms with Gasteiger partial charge in [0.2, 0.25) is 0 Å². The Morgan fingerprint density at radius 2 is 2.18 bits per heavy atom. The summed E-state index contributed by atoms with van der Waals surface area (Å²) in [5.41, 5.74) is 1.14. The highest BCUT2D eigenvalue weighted by atomic mass is 32.1. The highest BCUT2D eigenvalue weighted by molar-refractivity contribution is 7.12. The number of rotatable bonds is 7. The lowest BCUT2D eigenvalue weighted by Crippen LogP contribution is -2.27. The first-order valence-corrected chi connectivity index (χ1v) is 7.01. The Morgan fingerprint density at radius 3 is 2.82 bits per heavy atom. The molecule has 0 aromatic carbocycles. The van der Waals surface area contributed by atoms with E-state index in [9.17, 15) is 4.79 Å². The molecule has 0 radical (unpaired) electrons. The molecule has 1 N–H and O–H groups in total. The molecule has 96 valence electrons. The molecule has 0 unspecified atom stereocenters. The number of aliphatic hydroxyl groups excluding tert-OH is 1. The van der Waals surface area contributed by atoms with Gasteiger partial charge < -0.3 is 10.0 Å². The Balaban J connectivity index is 2.46. The van der Waals surface area contributed by atoms with Crippen LogP contribution in [0, 0.1) is 0 Å². The van der Waals surface area contributed by atoms with E-state index in [4.69, 9.17) is 5.11 Å². The highest BCUT2D eigenvalue weighted by Crippen LogP contribution is 2.19. The zero-order chi connectivity index (χ0) is 12.7. The SMILES string of the molecule is CCc1ccsc1C(=O)N(C)CCCCCO. The van der Waals surface area contributed by atoms with Crippen molar-refractivity contribution in [3.8, 4) is 0 Å². The van der Waals surface area contributed by atoms with Crippen molar-refractivity contribution < 1.29 is 9.90 Å². The van der Waals surface area contributed by atoms with Crippen LogP contribution >= 0.6 is 11.3 Å². The molecule has 0 atom stereocenters. The van der Waals surface area contributed by atoms with Gasteiger partial charge >= 0.3 is 0 Å². The Morgan fingerprint density at radius 1 is 1.41 bits per heavy atom. The van der Waals surface area contributed by atoms with E-state index in [0.29, 0.717) is 0 Å². The Hall–Kier alpha value is -0.870. The van der Waals surface area contributed by atoms with Gasteiger partial charge in [-0.15, -0.1) is 11.3 Å². The smallest absolute Gasteiger partial charge is 0.263 e. The van der Waals surface area contributed by atoms with Gasteiger partial charge in [0.05, 0.1) is 4.88 Å². The molecule has 17 heavy (non-hydrogen) atoms. The molecule has 0 aliphatic carbocycles. The second-order valence-corrected chi connectivity index (χ2v) is 5.06. The summed E-state index contributed by atoms with van der Waals surface area (Å²) in [6, 6.07) is 2.03. The quantitative estimate of drug-likeness (QED) is 0.761. The van der Waals surface area contributed by atoms with Gasteiger partial charge in [-0.1, -0.05) is 6.92 Å². The first-order valence-electron chi connectivity index (χ1n) is 6.13. The molecular weight excluding hydrogens is 234 g/mol. The van der Waals surface area contributed by atoms with E-state index in [2.05, 4.69) is 6.92 Å². The number of thiophene rings is 1. The van der Waals surface area contributed by atoms with Crippen molar-refractivity contribution >= 4 is 17.2 Å². The van der Waals surface area contributed by atoms with Crippen molar-refractivity contribution in [2.24, 2.45) is 0 Å². The number of carbonyl (C=O) groups excluding carboxylic acids is 1. The van der Waals surface area contributed by atoms with Crippen LogP contribution in [0.2, 0.25) is 0 Å². The first-order chi connectivity index (χ1) is 8.20. The molecule has 0 aliphatic rings. The van der Waals surface area contributed by atoms with Gasteiger partial charge in [0, 0.05) is 20.2 Å². The van der Waals surface area contributed by atoms with Crippen LogP contribution in [0.15, 0.2) is 11.4 Å². The lowest BCUT2D eigenvalue weighted by molar-refractivity contribution is 0.0796. The van der Waals surface area contributed by atoms with Crippen LogP contribution in [-0.4, -0.2) is 36.1 Å². The third-order valence-corrected chi connectivity index (χ3v) is 3.76. The van der Waals surface area contributed by atoms with Crippen molar-refractivity contribution in [3.63, 3.8) is 0 Å². The molecule has 1 aromatic rings. The summed E-state index contributed by atoms with van der Waals surface area (Å²) in [7, 11) is 1.85. The lowest BCUT2D eigenvalue weighted by Gasteiger charge is -2.16. The van der Waals surface area contributed by atoms with E-state index >= 15 is 0 Å². The highest BCUT2D eigenvalue weighted by Gasteiger charge is 2.15. The fourth-order valence-corrected chi connectivity index (χ4v) is 2.70. The summed E-state index contributed by atoms with van der Waals surface area (Å²) in [6.07, 6.45) is 3.65. The van der Waals surface area contributed by atoms with Gasteiger partial charge in [0.25, 0.3) is 5.91 Å². The van der Waals surface area contributed by atoms with E-state index < -0.39 is 0 Å². The van der Waals surface area contributed by atoms with Crippen LogP contribution in [0.5, 0.6) is 0 Å². The molecule has 0 saturated heterocycles. The molecule has 1 aromatic heterocycles. The summed E-state index contributed by atoms with van der Waals surface area (Å²) in [5, 5.41) is 10.7. The van der Waals surface area contributed by atoms with Crippen molar-refractivity contribution in [2.45, 2.75) is 32.6 Å². The van der Waals surface area contributed by atoms with E-state index in [0.717, 1.165) is 42.7 Å². The summed E-state index contributed by atoms with van der Waals surface area (Å²) >= 11 is 1.52. The van der Waals surface area contributed by atoms with E-state index in [1.165, 1.54) is 11.3 Å². The number of aliphatic hydroxyl groups is 1. The Bertz CT molecular complexity index is 349. The molecule has 3 nitrogen and oxygen atoms in total. The normalized spacial score (nSPS) is 10.5. The molecule has 1 amide bonds. The van der Waals surface area contributed by atoms with Gasteiger partial charge in [-0.2, -0.15) is 0 Å². The summed E-state index contributed by atoms with van der Waals surface area (Å²) in [6.45, 7) is 3.07. The monoisotopic (exact) mass is 255 g/mol. The largest absolute Gasteiger partial charge is 0.396 e. The third-order valence-electron chi connectivity index (χ3n) is 2.82. The van der Waals surface area contributed by atoms with Crippen LogP contribution in [-0.2, 0) is 6.42 Å². The summed E-state index contributed by atoms with van der Waals surface area (Å²) in [4.78, 5) is 14.8. The topological polar surface area (TPSA) is 40.5 Å². The molecular formula is C13H21NO2S. The van der Waals surface area contributed by atoms with Gasteiger partial charge in [-0.25, -0.2) is 0 Å². The van der Waals surface area contributed by atoms with Crippen LogP contribution in [0.3, 0.4) is 0 Å². The minimum Gasteiger partial charge on any atom is -0.396 e. The second kappa shape index (κ2) is 7.45. The van der Waals surface area contributed by atoms with E-state index in [1.54, 1.807) is 4.90 Å². The van der Waals surface area contributed by atoms with Crippen LogP contribution in [0.25, 0.3) is 0 Å². The molecule has 0 saturated carbocycles. The van der Waals surface area contributed by atoms with Crippen LogP contribution < -0.4 is 0 Å². The summed E-state index contributed by atoms with van der Waals surface area (Å²) < 4.78 is 0. The minimum absolute atomic E-state index is 0.126. The number of carbonyl (C=O) groups is 1. The van der Waals surface area contributed by atoms with Crippen molar-refractivity contribution in [1.29, 1.82) is 0 Å². The average Bonchev–Trinajstić information content (AvgIpc) is 2.81. The maximum Gasteiger partial charge on any atom is 0.263 e. The predicted molar refractivity (Wildman–Crippen MR) is 71.6 cm³/mol. The number of amides is 1. The van der Waals surface area contributed by atoms with E-state index in [-0.39, 0.29) is 12.5 Å². The Kier molecular flexibility index (Phi) is 6.22. The zero-order valence-corrected chi connectivity index (χ0v) is 11.4. The molecule has 0 spiro atoms. The number of hydrogen-bond donors (Lipinski definition) is 1. The molecule has 0 bridgehead atoms. The average molecular weight is 255 g/mol. The number of nitrogens with zero attached hydrogens (tertiary/aromatic N) is 1. The van der Waals surface area contributed by atoms with Crippen molar-refractivity contribution in [1.82, 2.24) is 4.90 Å². The van der Waals surface area contributed by atoms with Crippen molar-refractivity contribution in [2.75, 3.05) is 20.2 Å². The first kappa shape index (κ1) is 14.2.